The maximum Gasteiger partial charge on any atom is 0.118 e. The summed E-state index contributed by atoms with van der Waals surface area (Å²) >= 11 is 0. The van der Waals surface area contributed by atoms with E-state index in [-0.39, 0.29) is 6.04 Å². The molecule has 1 aromatic carbocycles. The largest absolute Gasteiger partial charge is 0.497 e. The third kappa shape index (κ3) is 3.45. The number of nitrogens with two attached hydrogens (primary N) is 1. The van der Waals surface area contributed by atoms with Crippen LogP contribution in [0.4, 0.5) is 4.39 Å². The predicted octanol–water partition coefficient (Wildman–Crippen LogP) is 3.24. The summed E-state index contributed by atoms with van der Waals surface area (Å²) in [6, 6.07) is 8.08. The molecule has 1 aromatic rings. The monoisotopic (exact) mass is 251 g/mol. The molecule has 0 atom stereocenters. The number of alkyl halides is 1. The van der Waals surface area contributed by atoms with Crippen LogP contribution in [0.5, 0.6) is 5.75 Å². The molecule has 3 heteroatoms. The maximum atomic E-state index is 14.5. The zero-order valence-electron chi connectivity index (χ0n) is 11.0. The van der Waals surface area contributed by atoms with Crippen LogP contribution in [0.1, 0.15) is 37.7 Å². The average Bonchev–Trinajstić information content (AvgIpc) is 2.41. The molecule has 100 valence electrons. The van der Waals surface area contributed by atoms with Crippen LogP contribution in [0.25, 0.3) is 0 Å². The lowest BCUT2D eigenvalue weighted by atomic mass is 9.80. The Balaban J connectivity index is 1.86. The predicted molar refractivity (Wildman–Crippen MR) is 71.6 cm³/mol. The summed E-state index contributed by atoms with van der Waals surface area (Å²) in [4.78, 5) is 0. The first-order valence-electron chi connectivity index (χ1n) is 6.69. The molecule has 2 nitrogen and oxygen atoms in total. The van der Waals surface area contributed by atoms with Crippen LogP contribution in [-0.2, 0) is 6.42 Å². The second-order valence-electron chi connectivity index (χ2n) is 5.34. The van der Waals surface area contributed by atoms with Crippen molar-refractivity contribution in [1.29, 1.82) is 0 Å². The second-order valence-corrected chi connectivity index (χ2v) is 5.34. The van der Waals surface area contributed by atoms with Crippen molar-refractivity contribution in [1.82, 2.24) is 0 Å². The third-order valence-corrected chi connectivity index (χ3v) is 3.95. The highest BCUT2D eigenvalue weighted by Gasteiger charge is 2.33. The van der Waals surface area contributed by atoms with E-state index in [0.717, 1.165) is 25.0 Å². The van der Waals surface area contributed by atoms with Gasteiger partial charge in [0.15, 0.2) is 0 Å². The number of benzene rings is 1. The Labute approximate surface area is 108 Å². The Kier molecular flexibility index (Phi) is 4.23. The van der Waals surface area contributed by atoms with E-state index in [4.69, 9.17) is 10.5 Å². The minimum Gasteiger partial charge on any atom is -0.497 e. The van der Waals surface area contributed by atoms with Gasteiger partial charge >= 0.3 is 0 Å². The Hall–Kier alpha value is -1.09. The summed E-state index contributed by atoms with van der Waals surface area (Å²) < 4.78 is 19.6. The standard InChI is InChI=1S/C15H22FNO/c1-18-14-4-2-12(3-5-14)6-9-15(16)10-7-13(17)8-11-15/h2-5,13H,6-11,17H2,1H3. The molecule has 0 aromatic heterocycles. The smallest absolute Gasteiger partial charge is 0.118 e. The lowest BCUT2D eigenvalue weighted by Crippen LogP contribution is -2.35. The number of hydrogen-bond acceptors (Lipinski definition) is 2. The van der Waals surface area contributed by atoms with Crippen LogP contribution in [0.15, 0.2) is 24.3 Å². The highest BCUT2D eigenvalue weighted by Crippen LogP contribution is 2.35. The van der Waals surface area contributed by atoms with Crippen molar-refractivity contribution < 1.29 is 9.13 Å². The Bertz CT molecular complexity index is 369. The van der Waals surface area contributed by atoms with Gasteiger partial charge in [0.05, 0.1) is 7.11 Å². The van der Waals surface area contributed by atoms with Crippen molar-refractivity contribution in [3.8, 4) is 5.75 Å². The van der Waals surface area contributed by atoms with Crippen molar-refractivity contribution in [2.75, 3.05) is 7.11 Å². The fourth-order valence-electron chi connectivity index (χ4n) is 2.57. The summed E-state index contributed by atoms with van der Waals surface area (Å²) in [7, 11) is 1.65. The van der Waals surface area contributed by atoms with E-state index in [0.29, 0.717) is 19.3 Å². The number of hydrogen-bond donors (Lipinski definition) is 1. The first-order valence-corrected chi connectivity index (χ1v) is 6.69. The number of ether oxygens (including phenoxy) is 1. The van der Waals surface area contributed by atoms with E-state index < -0.39 is 5.67 Å². The molecule has 1 saturated carbocycles. The summed E-state index contributed by atoms with van der Waals surface area (Å²) in [5.41, 5.74) is 5.98. The van der Waals surface area contributed by atoms with Crippen LogP contribution in [0.2, 0.25) is 0 Å². The zero-order valence-corrected chi connectivity index (χ0v) is 11.0. The Morgan fingerprint density at radius 3 is 2.44 bits per heavy atom. The van der Waals surface area contributed by atoms with Gasteiger partial charge in [-0.15, -0.1) is 0 Å². The minimum absolute atomic E-state index is 0.204. The quantitative estimate of drug-likeness (QED) is 0.891. The van der Waals surface area contributed by atoms with Gasteiger partial charge in [-0.1, -0.05) is 12.1 Å². The van der Waals surface area contributed by atoms with E-state index in [1.807, 2.05) is 24.3 Å². The molecule has 1 aliphatic rings. The third-order valence-electron chi connectivity index (χ3n) is 3.95. The molecule has 1 aliphatic carbocycles. The Morgan fingerprint density at radius 1 is 1.28 bits per heavy atom. The van der Waals surface area contributed by atoms with Gasteiger partial charge in [0, 0.05) is 6.04 Å². The summed E-state index contributed by atoms with van der Waals surface area (Å²) in [5, 5.41) is 0. The number of rotatable bonds is 4. The highest BCUT2D eigenvalue weighted by molar-refractivity contribution is 5.27. The molecule has 0 bridgehead atoms. The molecular formula is C15H22FNO. The van der Waals surface area contributed by atoms with E-state index in [9.17, 15) is 4.39 Å². The summed E-state index contributed by atoms with van der Waals surface area (Å²) in [5.74, 6) is 0.845. The molecular weight excluding hydrogens is 229 g/mol. The van der Waals surface area contributed by atoms with Crippen LogP contribution in [-0.4, -0.2) is 18.8 Å². The van der Waals surface area contributed by atoms with Crippen LogP contribution >= 0.6 is 0 Å². The van der Waals surface area contributed by atoms with E-state index >= 15 is 0 Å². The minimum atomic E-state index is -1.00. The van der Waals surface area contributed by atoms with Crippen LogP contribution in [0, 0.1) is 0 Å². The fraction of sp³-hybridized carbons (Fsp3) is 0.600. The molecule has 2 rings (SSSR count). The van der Waals surface area contributed by atoms with Crippen molar-refractivity contribution in [3.63, 3.8) is 0 Å². The molecule has 1 fully saturated rings. The lowest BCUT2D eigenvalue weighted by molar-refractivity contribution is 0.0894. The van der Waals surface area contributed by atoms with E-state index in [2.05, 4.69) is 0 Å². The van der Waals surface area contributed by atoms with E-state index in [1.165, 1.54) is 5.56 Å². The van der Waals surface area contributed by atoms with Crippen molar-refractivity contribution in [2.24, 2.45) is 5.73 Å². The van der Waals surface area contributed by atoms with Crippen LogP contribution in [0.3, 0.4) is 0 Å². The summed E-state index contributed by atoms with van der Waals surface area (Å²) in [6.07, 6.45) is 4.26. The SMILES string of the molecule is COc1ccc(CCC2(F)CCC(N)CC2)cc1. The topological polar surface area (TPSA) is 35.2 Å². The molecule has 0 saturated heterocycles. The molecule has 0 heterocycles. The van der Waals surface area contributed by atoms with Gasteiger partial charge in [0.1, 0.15) is 11.4 Å². The second kappa shape index (κ2) is 5.70. The lowest BCUT2D eigenvalue weighted by Gasteiger charge is -2.32. The van der Waals surface area contributed by atoms with Gasteiger partial charge in [-0.2, -0.15) is 0 Å². The first kappa shape index (κ1) is 13.3. The number of halogens is 1. The van der Waals surface area contributed by atoms with E-state index in [1.54, 1.807) is 7.11 Å². The first-order chi connectivity index (χ1) is 8.61. The van der Waals surface area contributed by atoms with Gasteiger partial charge < -0.3 is 10.5 Å². The molecule has 0 spiro atoms. The molecule has 0 unspecified atom stereocenters. The van der Waals surface area contributed by atoms with Gasteiger partial charge in [-0.25, -0.2) is 4.39 Å². The molecule has 0 radical (unpaired) electrons. The van der Waals surface area contributed by atoms with Crippen molar-refractivity contribution in [2.45, 2.75) is 50.2 Å². The number of methoxy groups -OCH3 is 1. The van der Waals surface area contributed by atoms with Crippen LogP contribution < -0.4 is 10.5 Å². The van der Waals surface area contributed by atoms with Gasteiger partial charge in [0.2, 0.25) is 0 Å². The maximum absolute atomic E-state index is 14.5. The van der Waals surface area contributed by atoms with Crippen molar-refractivity contribution >= 4 is 0 Å². The molecule has 18 heavy (non-hydrogen) atoms. The molecule has 0 amide bonds. The fourth-order valence-corrected chi connectivity index (χ4v) is 2.57. The normalized spacial score (nSPS) is 28.1. The molecule has 2 N–H and O–H groups in total. The summed E-state index contributed by atoms with van der Waals surface area (Å²) in [6.45, 7) is 0. The van der Waals surface area contributed by atoms with Crippen molar-refractivity contribution in [3.05, 3.63) is 29.8 Å². The molecule has 0 aliphatic heterocycles. The number of aryl methyl sites for hydroxylation is 1. The van der Waals surface area contributed by atoms with Gasteiger partial charge in [-0.05, 0) is 56.2 Å². The highest BCUT2D eigenvalue weighted by atomic mass is 19.1. The average molecular weight is 251 g/mol. The zero-order chi connectivity index (χ0) is 13.0. The van der Waals surface area contributed by atoms with Gasteiger partial charge in [0.25, 0.3) is 0 Å². The Morgan fingerprint density at radius 2 is 1.89 bits per heavy atom. The van der Waals surface area contributed by atoms with Gasteiger partial charge in [-0.3, -0.25) is 0 Å².